The van der Waals surface area contributed by atoms with Gasteiger partial charge in [-0.25, -0.2) is 13.1 Å². The molecule has 1 aromatic carbocycles. The zero-order chi connectivity index (χ0) is 16.2. The smallest absolute Gasteiger partial charge is 0.240 e. The minimum absolute atomic E-state index is 0.0159. The summed E-state index contributed by atoms with van der Waals surface area (Å²) in [5.41, 5.74) is 2.55. The number of hydrogen-bond donors (Lipinski definition) is 2. The summed E-state index contributed by atoms with van der Waals surface area (Å²) >= 11 is 0. The fourth-order valence-electron chi connectivity index (χ4n) is 3.48. The molecule has 0 bridgehead atoms. The van der Waals surface area contributed by atoms with Gasteiger partial charge in [0.2, 0.25) is 15.9 Å². The van der Waals surface area contributed by atoms with Gasteiger partial charge < -0.3 is 10.0 Å². The second-order valence-electron chi connectivity index (χ2n) is 6.87. The second-order valence-corrected chi connectivity index (χ2v) is 8.64. The van der Waals surface area contributed by atoms with E-state index in [4.69, 9.17) is 0 Å². The lowest BCUT2D eigenvalue weighted by molar-refractivity contribution is -0.118. The van der Waals surface area contributed by atoms with Gasteiger partial charge in [-0.3, -0.25) is 4.79 Å². The number of nitrogens with one attached hydrogen (secondary N) is 1. The monoisotopic (exact) mass is 336 g/mol. The number of carbonyl (C=O) groups excluding carboxylic acids is 1. The van der Waals surface area contributed by atoms with Crippen molar-refractivity contribution in [3.63, 3.8) is 0 Å². The van der Waals surface area contributed by atoms with Gasteiger partial charge in [-0.15, -0.1) is 0 Å². The van der Waals surface area contributed by atoms with Gasteiger partial charge in [-0.2, -0.15) is 0 Å². The summed E-state index contributed by atoms with van der Waals surface area (Å²) in [6, 6.07) is 3.39. The Morgan fingerprint density at radius 2 is 1.87 bits per heavy atom. The number of hydrogen-bond acceptors (Lipinski definition) is 4. The lowest BCUT2D eigenvalue weighted by atomic mass is 10.00. The first kappa shape index (κ1) is 15.1. The fraction of sp³-hybridized carbons (Fsp3) is 0.562. The topological polar surface area (TPSA) is 86.7 Å². The molecule has 124 valence electrons. The van der Waals surface area contributed by atoms with Crippen LogP contribution in [-0.2, 0) is 27.7 Å². The normalized spacial score (nSPS) is 21.4. The zero-order valence-electron chi connectivity index (χ0n) is 12.8. The number of nitrogens with zero attached hydrogens (tertiary/aromatic N) is 1. The van der Waals surface area contributed by atoms with Crippen LogP contribution in [0.1, 0.15) is 30.4 Å². The summed E-state index contributed by atoms with van der Waals surface area (Å²) in [7, 11) is -3.59. The SMILES string of the molecule is O=C1CCc2cc(S(=O)(=O)NCC3(CO)CC3)cc3c2N1CC3. The first-order valence-corrected chi connectivity index (χ1v) is 9.49. The Hall–Kier alpha value is -1.44. The van der Waals surface area contributed by atoms with Crippen LogP contribution in [0.25, 0.3) is 0 Å². The molecule has 0 saturated heterocycles. The molecule has 23 heavy (non-hydrogen) atoms. The summed E-state index contributed by atoms with van der Waals surface area (Å²) in [4.78, 5) is 14.0. The largest absolute Gasteiger partial charge is 0.396 e. The van der Waals surface area contributed by atoms with Crippen molar-refractivity contribution in [2.24, 2.45) is 5.41 Å². The van der Waals surface area contributed by atoms with E-state index in [0.29, 0.717) is 25.8 Å². The van der Waals surface area contributed by atoms with Crippen LogP contribution in [-0.4, -0.2) is 39.1 Å². The minimum atomic E-state index is -3.59. The van der Waals surface area contributed by atoms with Crippen molar-refractivity contribution in [3.05, 3.63) is 23.3 Å². The van der Waals surface area contributed by atoms with E-state index < -0.39 is 10.0 Å². The third-order valence-corrected chi connectivity index (χ3v) is 6.65. The van der Waals surface area contributed by atoms with Gasteiger partial charge in [0.25, 0.3) is 0 Å². The van der Waals surface area contributed by atoms with E-state index in [-0.39, 0.29) is 29.4 Å². The Balaban J connectivity index is 1.64. The van der Waals surface area contributed by atoms with Crippen LogP contribution < -0.4 is 9.62 Å². The van der Waals surface area contributed by atoms with Crippen molar-refractivity contribution >= 4 is 21.6 Å². The highest BCUT2D eigenvalue weighted by Crippen LogP contribution is 2.44. The maximum absolute atomic E-state index is 12.6. The predicted molar refractivity (Wildman–Crippen MR) is 84.8 cm³/mol. The van der Waals surface area contributed by atoms with Crippen molar-refractivity contribution in [2.75, 3.05) is 24.6 Å². The van der Waals surface area contributed by atoms with E-state index in [2.05, 4.69) is 4.72 Å². The summed E-state index contributed by atoms with van der Waals surface area (Å²) < 4.78 is 27.8. The molecule has 1 amide bonds. The first-order valence-electron chi connectivity index (χ1n) is 8.01. The van der Waals surface area contributed by atoms with Crippen LogP contribution in [0.15, 0.2) is 17.0 Å². The number of anilines is 1. The van der Waals surface area contributed by atoms with Crippen LogP contribution >= 0.6 is 0 Å². The van der Waals surface area contributed by atoms with Gasteiger partial charge in [0.05, 0.1) is 10.6 Å². The number of aliphatic hydroxyl groups is 1. The number of aryl methyl sites for hydroxylation is 1. The highest BCUT2D eigenvalue weighted by atomic mass is 32.2. The van der Waals surface area contributed by atoms with Crippen LogP contribution in [0.4, 0.5) is 5.69 Å². The molecule has 0 spiro atoms. The molecule has 1 aliphatic carbocycles. The molecular weight excluding hydrogens is 316 g/mol. The standard InChI is InChI=1S/C16H20N2O4S/c19-10-16(4-5-16)9-17-23(21,22)13-7-11-1-2-14(20)18-6-3-12(8-13)15(11)18/h7-8,17,19H,1-6,9-10H2. The lowest BCUT2D eigenvalue weighted by Crippen LogP contribution is -2.33. The van der Waals surface area contributed by atoms with Crippen LogP contribution in [0.5, 0.6) is 0 Å². The maximum Gasteiger partial charge on any atom is 0.240 e. The molecule has 0 radical (unpaired) electrons. The summed E-state index contributed by atoms with van der Waals surface area (Å²) in [5.74, 6) is 0.128. The molecule has 1 aromatic rings. The molecule has 0 aromatic heterocycles. The molecule has 1 fully saturated rings. The Morgan fingerprint density at radius 1 is 1.17 bits per heavy atom. The van der Waals surface area contributed by atoms with Gasteiger partial charge in [-0.1, -0.05) is 0 Å². The quantitative estimate of drug-likeness (QED) is 0.823. The van der Waals surface area contributed by atoms with Gasteiger partial charge in [0.15, 0.2) is 0 Å². The average Bonchev–Trinajstić information content (AvgIpc) is 3.20. The molecular formula is C16H20N2O4S. The van der Waals surface area contributed by atoms with Crippen molar-refractivity contribution in [2.45, 2.75) is 37.0 Å². The number of benzene rings is 1. The molecule has 6 nitrogen and oxygen atoms in total. The third kappa shape index (κ3) is 2.47. The van der Waals surface area contributed by atoms with Gasteiger partial charge in [0, 0.05) is 31.5 Å². The summed E-state index contributed by atoms with van der Waals surface area (Å²) in [6.45, 7) is 0.941. The van der Waals surface area contributed by atoms with E-state index in [9.17, 15) is 18.3 Å². The number of sulfonamides is 1. The lowest BCUT2D eigenvalue weighted by Gasteiger charge is -2.25. The Bertz CT molecular complexity index is 784. The van der Waals surface area contributed by atoms with E-state index >= 15 is 0 Å². The predicted octanol–water partition coefficient (Wildman–Crippen LogP) is 0.573. The van der Waals surface area contributed by atoms with Crippen LogP contribution in [0.2, 0.25) is 0 Å². The Morgan fingerprint density at radius 3 is 2.52 bits per heavy atom. The van der Waals surface area contributed by atoms with Gasteiger partial charge in [-0.05, 0) is 48.9 Å². The molecule has 2 aliphatic heterocycles. The van der Waals surface area contributed by atoms with E-state index in [1.807, 2.05) is 0 Å². The van der Waals surface area contributed by atoms with Crippen LogP contribution in [0.3, 0.4) is 0 Å². The van der Waals surface area contributed by atoms with Gasteiger partial charge in [0.1, 0.15) is 0 Å². The second kappa shape index (κ2) is 5.03. The van der Waals surface area contributed by atoms with E-state index in [1.54, 1.807) is 17.0 Å². The molecule has 1 saturated carbocycles. The molecule has 4 rings (SSSR count). The molecule has 0 atom stereocenters. The number of amides is 1. The first-order chi connectivity index (χ1) is 10.9. The fourth-order valence-corrected chi connectivity index (χ4v) is 4.74. The third-order valence-electron chi connectivity index (χ3n) is 5.27. The number of rotatable bonds is 5. The molecule has 0 unspecified atom stereocenters. The summed E-state index contributed by atoms with van der Waals surface area (Å²) in [6.07, 6.45) is 3.47. The maximum atomic E-state index is 12.6. The van der Waals surface area contributed by atoms with Crippen molar-refractivity contribution in [3.8, 4) is 0 Å². The highest BCUT2D eigenvalue weighted by molar-refractivity contribution is 7.89. The molecule has 7 heteroatoms. The van der Waals surface area contributed by atoms with E-state index in [0.717, 1.165) is 29.7 Å². The van der Waals surface area contributed by atoms with E-state index in [1.165, 1.54) is 0 Å². The van der Waals surface area contributed by atoms with Crippen molar-refractivity contribution < 1.29 is 18.3 Å². The zero-order valence-corrected chi connectivity index (χ0v) is 13.7. The Kier molecular flexibility index (Phi) is 3.30. The minimum Gasteiger partial charge on any atom is -0.396 e. The Labute approximate surface area is 135 Å². The van der Waals surface area contributed by atoms with Crippen LogP contribution in [0, 0.1) is 5.41 Å². The van der Waals surface area contributed by atoms with Gasteiger partial charge >= 0.3 is 0 Å². The molecule has 2 heterocycles. The molecule has 2 N–H and O–H groups in total. The molecule has 3 aliphatic rings. The van der Waals surface area contributed by atoms with Crippen molar-refractivity contribution in [1.82, 2.24) is 4.72 Å². The number of carbonyl (C=O) groups is 1. The average molecular weight is 336 g/mol. The number of aliphatic hydroxyl groups excluding tert-OH is 1. The van der Waals surface area contributed by atoms with Crippen molar-refractivity contribution in [1.29, 1.82) is 0 Å². The highest BCUT2D eigenvalue weighted by Gasteiger charge is 2.43. The summed E-state index contributed by atoms with van der Waals surface area (Å²) in [5, 5.41) is 9.32.